The Balaban J connectivity index is 1.59. The number of benzene rings is 2. The molecule has 0 radical (unpaired) electrons. The normalized spacial score (nSPS) is 18.0. The van der Waals surface area contributed by atoms with Crippen molar-refractivity contribution in [2.24, 2.45) is 0 Å². The Morgan fingerprint density at radius 1 is 1.00 bits per heavy atom. The molecule has 0 N–H and O–H groups in total. The molecule has 0 saturated carbocycles. The van der Waals surface area contributed by atoms with Crippen LogP contribution in [0.2, 0.25) is 0 Å². The molecule has 1 aliphatic rings. The first-order chi connectivity index (χ1) is 12.8. The molecular weight excluding hydrogens is 342 g/mol. The Bertz CT molecular complexity index is 824. The Morgan fingerprint density at radius 2 is 1.74 bits per heavy atom. The van der Waals surface area contributed by atoms with E-state index in [0.717, 1.165) is 23.6 Å². The molecular formula is C22H27NO4. The van der Waals surface area contributed by atoms with E-state index in [0.29, 0.717) is 25.1 Å². The minimum atomic E-state index is -0.509. The average Bonchev–Trinajstić information content (AvgIpc) is 2.85. The first-order valence-electron chi connectivity index (χ1n) is 9.49. The van der Waals surface area contributed by atoms with Crippen LogP contribution in [0.15, 0.2) is 42.5 Å². The standard InChI is InChI=1S/C22H27NO4/c1-22(2,3)27-21(25)23-13-6-9-19(12-14-23)26-20(24)18-11-10-16-7-4-5-8-17(16)15-18/h4-5,7-8,10-11,15,19H,6,9,12-14H2,1-3H3. The molecule has 1 unspecified atom stereocenters. The first-order valence-corrected chi connectivity index (χ1v) is 9.49. The molecule has 1 aliphatic heterocycles. The quantitative estimate of drug-likeness (QED) is 0.715. The Morgan fingerprint density at radius 3 is 2.48 bits per heavy atom. The van der Waals surface area contributed by atoms with E-state index in [1.54, 1.807) is 11.0 Å². The van der Waals surface area contributed by atoms with Gasteiger partial charge in [0.25, 0.3) is 0 Å². The van der Waals surface area contributed by atoms with E-state index in [-0.39, 0.29) is 18.2 Å². The van der Waals surface area contributed by atoms with Gasteiger partial charge in [0.1, 0.15) is 11.7 Å². The van der Waals surface area contributed by atoms with Crippen molar-refractivity contribution in [1.29, 1.82) is 0 Å². The highest BCUT2D eigenvalue weighted by atomic mass is 16.6. The molecule has 5 heteroatoms. The third-order valence-electron chi connectivity index (χ3n) is 4.59. The Hall–Kier alpha value is -2.56. The lowest BCUT2D eigenvalue weighted by Gasteiger charge is -2.26. The molecule has 1 fully saturated rings. The van der Waals surface area contributed by atoms with E-state index >= 15 is 0 Å². The van der Waals surface area contributed by atoms with Gasteiger partial charge in [0, 0.05) is 19.5 Å². The number of hydrogen-bond acceptors (Lipinski definition) is 4. The average molecular weight is 369 g/mol. The maximum atomic E-state index is 12.5. The second-order valence-corrected chi connectivity index (χ2v) is 7.99. The molecule has 27 heavy (non-hydrogen) atoms. The summed E-state index contributed by atoms with van der Waals surface area (Å²) in [6, 6.07) is 13.5. The predicted molar refractivity (Wildman–Crippen MR) is 105 cm³/mol. The third-order valence-corrected chi connectivity index (χ3v) is 4.59. The van der Waals surface area contributed by atoms with Crippen molar-refractivity contribution in [3.05, 3.63) is 48.0 Å². The summed E-state index contributed by atoms with van der Waals surface area (Å²) in [6.45, 7) is 6.73. The van der Waals surface area contributed by atoms with Crippen LogP contribution < -0.4 is 0 Å². The maximum absolute atomic E-state index is 12.5. The van der Waals surface area contributed by atoms with Crippen LogP contribution in [0.25, 0.3) is 10.8 Å². The smallest absolute Gasteiger partial charge is 0.410 e. The van der Waals surface area contributed by atoms with Gasteiger partial charge in [-0.15, -0.1) is 0 Å². The van der Waals surface area contributed by atoms with E-state index in [2.05, 4.69) is 0 Å². The van der Waals surface area contributed by atoms with E-state index in [9.17, 15) is 9.59 Å². The second-order valence-electron chi connectivity index (χ2n) is 7.99. The number of amides is 1. The highest BCUT2D eigenvalue weighted by Crippen LogP contribution is 2.20. The molecule has 0 spiro atoms. The number of nitrogens with zero attached hydrogens (tertiary/aromatic N) is 1. The number of carbonyl (C=O) groups excluding carboxylic acids is 2. The molecule has 144 valence electrons. The fraction of sp³-hybridized carbons (Fsp3) is 0.455. The minimum absolute atomic E-state index is 0.184. The molecule has 1 heterocycles. The third kappa shape index (κ3) is 5.22. The van der Waals surface area contributed by atoms with Crippen molar-refractivity contribution in [1.82, 2.24) is 4.90 Å². The fourth-order valence-electron chi connectivity index (χ4n) is 3.23. The Labute approximate surface area is 160 Å². The van der Waals surface area contributed by atoms with Crippen molar-refractivity contribution < 1.29 is 19.1 Å². The molecule has 5 nitrogen and oxygen atoms in total. The largest absolute Gasteiger partial charge is 0.459 e. The van der Waals surface area contributed by atoms with Crippen LogP contribution in [0.3, 0.4) is 0 Å². The van der Waals surface area contributed by atoms with Gasteiger partial charge in [0.2, 0.25) is 0 Å². The number of carbonyl (C=O) groups is 2. The minimum Gasteiger partial charge on any atom is -0.459 e. The van der Waals surface area contributed by atoms with E-state index in [4.69, 9.17) is 9.47 Å². The van der Waals surface area contributed by atoms with Gasteiger partial charge < -0.3 is 14.4 Å². The molecule has 1 amide bonds. The molecule has 2 aromatic carbocycles. The summed E-state index contributed by atoms with van der Waals surface area (Å²) in [7, 11) is 0. The molecule has 0 bridgehead atoms. The van der Waals surface area contributed by atoms with Crippen LogP contribution >= 0.6 is 0 Å². The Kier molecular flexibility index (Phi) is 5.68. The van der Waals surface area contributed by atoms with Crippen molar-refractivity contribution >= 4 is 22.8 Å². The lowest BCUT2D eigenvalue weighted by atomic mass is 10.1. The van der Waals surface area contributed by atoms with Crippen LogP contribution in [0, 0.1) is 0 Å². The summed E-state index contributed by atoms with van der Waals surface area (Å²) in [5.41, 5.74) is 0.0488. The summed E-state index contributed by atoms with van der Waals surface area (Å²) in [5.74, 6) is -0.309. The lowest BCUT2D eigenvalue weighted by molar-refractivity contribution is 0.0214. The van der Waals surface area contributed by atoms with Gasteiger partial charge in [-0.2, -0.15) is 0 Å². The van der Waals surface area contributed by atoms with Crippen LogP contribution in [-0.2, 0) is 9.47 Å². The van der Waals surface area contributed by atoms with Gasteiger partial charge in [-0.25, -0.2) is 9.59 Å². The molecule has 0 aliphatic carbocycles. The predicted octanol–water partition coefficient (Wildman–Crippen LogP) is 4.79. The topological polar surface area (TPSA) is 55.8 Å². The van der Waals surface area contributed by atoms with Crippen molar-refractivity contribution in [2.75, 3.05) is 13.1 Å². The van der Waals surface area contributed by atoms with Crippen LogP contribution in [0.5, 0.6) is 0 Å². The summed E-state index contributed by atoms with van der Waals surface area (Å²) >= 11 is 0. The van der Waals surface area contributed by atoms with E-state index < -0.39 is 5.60 Å². The van der Waals surface area contributed by atoms with E-state index in [1.165, 1.54) is 0 Å². The summed E-state index contributed by atoms with van der Waals surface area (Å²) in [6.07, 6.45) is 1.67. The highest BCUT2D eigenvalue weighted by molar-refractivity contribution is 5.95. The summed E-state index contributed by atoms with van der Waals surface area (Å²) in [4.78, 5) is 26.5. The first kappa shape index (κ1) is 19.2. The molecule has 3 rings (SSSR count). The van der Waals surface area contributed by atoms with Crippen molar-refractivity contribution in [3.63, 3.8) is 0 Å². The number of rotatable bonds is 2. The number of ether oxygens (including phenoxy) is 2. The van der Waals surface area contributed by atoms with Gasteiger partial charge in [-0.1, -0.05) is 30.3 Å². The van der Waals surface area contributed by atoms with Crippen LogP contribution in [0.4, 0.5) is 4.79 Å². The lowest BCUT2D eigenvalue weighted by Crippen LogP contribution is -2.37. The summed E-state index contributed by atoms with van der Waals surface area (Å²) in [5, 5.41) is 2.11. The number of esters is 1. The van der Waals surface area contributed by atoms with Gasteiger partial charge in [0.15, 0.2) is 0 Å². The second kappa shape index (κ2) is 7.99. The highest BCUT2D eigenvalue weighted by Gasteiger charge is 2.26. The fourth-order valence-corrected chi connectivity index (χ4v) is 3.23. The monoisotopic (exact) mass is 369 g/mol. The molecule has 1 atom stereocenters. The zero-order valence-corrected chi connectivity index (χ0v) is 16.2. The zero-order valence-electron chi connectivity index (χ0n) is 16.2. The maximum Gasteiger partial charge on any atom is 0.410 e. The van der Waals surface area contributed by atoms with Crippen molar-refractivity contribution in [2.45, 2.75) is 51.7 Å². The van der Waals surface area contributed by atoms with Gasteiger partial charge in [-0.3, -0.25) is 0 Å². The number of hydrogen-bond donors (Lipinski definition) is 0. The van der Waals surface area contributed by atoms with Crippen LogP contribution in [-0.4, -0.2) is 41.8 Å². The number of likely N-dealkylation sites (tertiary alicyclic amines) is 1. The molecule has 1 saturated heterocycles. The van der Waals surface area contributed by atoms with Gasteiger partial charge >= 0.3 is 12.1 Å². The van der Waals surface area contributed by atoms with E-state index in [1.807, 2.05) is 57.2 Å². The number of fused-ring (bicyclic) bond motifs is 1. The van der Waals surface area contributed by atoms with Crippen molar-refractivity contribution in [3.8, 4) is 0 Å². The molecule has 0 aromatic heterocycles. The SMILES string of the molecule is CC(C)(C)OC(=O)N1CCCC(OC(=O)c2ccc3ccccc3c2)CC1. The summed E-state index contributed by atoms with van der Waals surface area (Å²) < 4.78 is 11.2. The van der Waals surface area contributed by atoms with Gasteiger partial charge in [-0.05, 0) is 56.5 Å². The van der Waals surface area contributed by atoms with Crippen LogP contribution in [0.1, 0.15) is 50.4 Å². The molecule has 2 aromatic rings. The zero-order chi connectivity index (χ0) is 19.4. The van der Waals surface area contributed by atoms with Gasteiger partial charge in [0.05, 0.1) is 5.56 Å².